The Morgan fingerprint density at radius 2 is 1.52 bits per heavy atom. The summed E-state index contributed by atoms with van der Waals surface area (Å²) in [5.41, 5.74) is 4.06. The quantitative estimate of drug-likeness (QED) is 0.228. The Morgan fingerprint density at radius 3 is 2.15 bits per heavy atom. The van der Waals surface area contributed by atoms with E-state index in [0.29, 0.717) is 16.6 Å². The molecule has 0 saturated carbocycles. The molecular weight excluding hydrogens is 537 g/mol. The molecule has 1 aliphatic heterocycles. The molecule has 0 unspecified atom stereocenters. The van der Waals surface area contributed by atoms with Gasteiger partial charge in [-0.3, -0.25) is 0 Å². The van der Waals surface area contributed by atoms with E-state index in [4.69, 9.17) is 4.52 Å². The van der Waals surface area contributed by atoms with Crippen molar-refractivity contribution in [2.24, 2.45) is 4.15 Å². The summed E-state index contributed by atoms with van der Waals surface area (Å²) >= 11 is 0. The summed E-state index contributed by atoms with van der Waals surface area (Å²) in [6.45, 7) is 6.15. The Labute approximate surface area is 236 Å². The summed E-state index contributed by atoms with van der Waals surface area (Å²) in [6.07, 6.45) is 0. The first-order chi connectivity index (χ1) is 19.1. The average molecular weight is 568 g/mol. The molecule has 0 fully saturated rings. The van der Waals surface area contributed by atoms with Crippen LogP contribution >= 0.6 is 7.28 Å². The van der Waals surface area contributed by atoms with Crippen LogP contribution in [0.5, 0.6) is 5.75 Å². The fourth-order valence-electron chi connectivity index (χ4n) is 4.95. The number of aryl methyl sites for hydroxylation is 1. The molecule has 0 radical (unpaired) electrons. The van der Waals surface area contributed by atoms with E-state index >= 15 is 0 Å². The molecule has 1 atom stereocenters. The number of allylic oxidation sites excluding steroid dienone is 1. The molecule has 8 heteroatoms. The third-order valence-electron chi connectivity index (χ3n) is 7.14. The number of nitrogens with zero attached hydrogens (tertiary/aromatic N) is 3. The fraction of sp³-hybridized carbons (Fsp3) is 0.156. The van der Waals surface area contributed by atoms with Crippen LogP contribution in [0.1, 0.15) is 30.5 Å². The topological polar surface area (TPSA) is 82.8 Å². The average Bonchev–Trinajstić information content (AvgIpc) is 3.14. The van der Waals surface area contributed by atoms with Gasteiger partial charge in [0.25, 0.3) is 10.0 Å². The van der Waals surface area contributed by atoms with Gasteiger partial charge in [0.1, 0.15) is 5.75 Å². The third-order valence-corrected chi connectivity index (χ3v) is 12.0. The molecule has 0 spiro atoms. The predicted octanol–water partition coefficient (Wildman–Crippen LogP) is 7.35. The maximum Gasteiger partial charge on any atom is 0.284 e. The van der Waals surface area contributed by atoms with Gasteiger partial charge in [-0.25, -0.2) is 0 Å². The summed E-state index contributed by atoms with van der Waals surface area (Å²) in [5, 5.41) is 9.96. The first-order valence-electron chi connectivity index (χ1n) is 12.8. The molecule has 6 nitrogen and oxygen atoms in total. The van der Waals surface area contributed by atoms with Crippen LogP contribution < -0.4 is 14.7 Å². The second kappa shape index (κ2) is 10.5. The zero-order valence-corrected chi connectivity index (χ0v) is 24.5. The van der Waals surface area contributed by atoms with Crippen molar-refractivity contribution in [2.45, 2.75) is 31.1 Å². The molecule has 0 saturated heterocycles. The Balaban J connectivity index is 1.83. The molecule has 0 amide bonds. The number of hydrogen-bond donors (Lipinski definition) is 0. The summed E-state index contributed by atoms with van der Waals surface area (Å²) in [4.78, 5) is 2.19. The van der Waals surface area contributed by atoms with Crippen molar-refractivity contribution in [3.05, 3.63) is 131 Å². The van der Waals surface area contributed by atoms with E-state index in [2.05, 4.69) is 41.1 Å². The highest BCUT2D eigenvalue weighted by molar-refractivity contribution is 7.95. The number of sulfonamides is 1. The molecule has 40 heavy (non-hydrogen) atoms. The van der Waals surface area contributed by atoms with Gasteiger partial charge >= 0.3 is 0 Å². The fourth-order valence-corrected chi connectivity index (χ4v) is 9.96. The van der Waals surface area contributed by atoms with Crippen LogP contribution in [-0.4, -0.2) is 15.5 Å². The maximum absolute atomic E-state index is 14.0. The zero-order chi connectivity index (χ0) is 28.5. The summed E-state index contributed by atoms with van der Waals surface area (Å²) in [7, 11) is -5.60. The first kappa shape index (κ1) is 27.5. The van der Waals surface area contributed by atoms with E-state index in [1.165, 1.54) is 0 Å². The number of benzene rings is 4. The molecule has 1 heterocycles. The minimum atomic E-state index is -4.15. The lowest BCUT2D eigenvalue weighted by Crippen LogP contribution is -2.24. The number of rotatable bonds is 6. The van der Waals surface area contributed by atoms with Crippen LogP contribution in [0.2, 0.25) is 0 Å². The Morgan fingerprint density at radius 1 is 0.900 bits per heavy atom. The molecule has 4 aromatic carbocycles. The molecule has 202 valence electrons. The van der Waals surface area contributed by atoms with Gasteiger partial charge in [-0.2, -0.15) is 13.7 Å². The summed E-state index contributed by atoms with van der Waals surface area (Å²) < 4.78 is 39.3. The summed E-state index contributed by atoms with van der Waals surface area (Å²) in [6, 6.07) is 32.9. The number of anilines is 1. The number of hydrogen-bond acceptors (Lipinski definition) is 5. The van der Waals surface area contributed by atoms with Crippen LogP contribution in [-0.2, 0) is 15.4 Å². The van der Waals surface area contributed by atoms with Crippen molar-refractivity contribution in [3.8, 4) is 11.8 Å². The molecular formula is C32H30N3O3PS. The van der Waals surface area contributed by atoms with Gasteiger partial charge in [0.05, 0.1) is 16.5 Å². The Bertz CT molecular complexity index is 1790. The lowest BCUT2D eigenvalue weighted by molar-refractivity contribution is 0.593. The Hall–Kier alpha value is -4.11. The second-order valence-corrected chi connectivity index (χ2v) is 14.5. The molecule has 0 N–H and O–H groups in total. The highest BCUT2D eigenvalue weighted by Gasteiger charge is 2.41. The van der Waals surface area contributed by atoms with E-state index < -0.39 is 22.7 Å². The molecule has 5 rings (SSSR count). The first-order valence-corrected chi connectivity index (χ1v) is 16.0. The van der Waals surface area contributed by atoms with Crippen molar-refractivity contribution in [1.29, 1.82) is 5.26 Å². The minimum absolute atomic E-state index is 0.0996. The van der Waals surface area contributed by atoms with Gasteiger partial charge in [0.2, 0.25) is 7.28 Å². The number of para-hydroxylation sites is 1. The zero-order valence-electron chi connectivity index (χ0n) is 22.8. The lowest BCUT2D eigenvalue weighted by Gasteiger charge is -2.29. The maximum atomic E-state index is 14.0. The van der Waals surface area contributed by atoms with Gasteiger partial charge in [-0.05, 0) is 67.1 Å². The number of nitriles is 1. The molecule has 1 aliphatic rings. The largest absolute Gasteiger partial charge is 0.451 e. The monoisotopic (exact) mass is 567 g/mol. The van der Waals surface area contributed by atoms with E-state index in [9.17, 15) is 13.7 Å². The lowest BCUT2D eigenvalue weighted by atomic mass is 9.84. The van der Waals surface area contributed by atoms with Crippen molar-refractivity contribution in [3.63, 3.8) is 0 Å². The third kappa shape index (κ3) is 5.09. The molecule has 0 aromatic heterocycles. The highest BCUT2D eigenvalue weighted by atomic mass is 32.2. The van der Waals surface area contributed by atoms with Crippen molar-refractivity contribution < 1.29 is 12.9 Å². The van der Waals surface area contributed by atoms with Crippen molar-refractivity contribution in [1.82, 2.24) is 0 Å². The SMILES string of the molecule is Cc1ccc(S(=O)(=O)N=[P@](/C=C2\N(C)c3ccccc3C2(C)C)(Oc2ccc(C#N)cc2)c2ccccc2)cc1. The van der Waals surface area contributed by atoms with Crippen molar-refractivity contribution in [2.75, 3.05) is 11.9 Å². The van der Waals surface area contributed by atoms with Crippen LogP contribution in [0.3, 0.4) is 0 Å². The number of likely N-dealkylation sites (N-methyl/N-ethyl adjacent to an activating group) is 1. The van der Waals surface area contributed by atoms with E-state index in [0.717, 1.165) is 22.5 Å². The van der Waals surface area contributed by atoms with Gasteiger partial charge < -0.3 is 9.42 Å². The molecule has 0 aliphatic carbocycles. The van der Waals surface area contributed by atoms with Gasteiger partial charge in [-0.1, -0.05) is 67.9 Å². The normalized spacial score (nSPS) is 16.6. The van der Waals surface area contributed by atoms with Gasteiger partial charge in [0, 0.05) is 35.0 Å². The van der Waals surface area contributed by atoms with Crippen LogP contribution in [0.25, 0.3) is 0 Å². The van der Waals surface area contributed by atoms with E-state index in [1.807, 2.05) is 62.3 Å². The van der Waals surface area contributed by atoms with E-state index in [1.54, 1.807) is 48.5 Å². The van der Waals surface area contributed by atoms with Crippen LogP contribution in [0.15, 0.2) is 124 Å². The predicted molar refractivity (Wildman–Crippen MR) is 162 cm³/mol. The van der Waals surface area contributed by atoms with Gasteiger partial charge in [-0.15, -0.1) is 4.15 Å². The van der Waals surface area contributed by atoms with Crippen LogP contribution in [0, 0.1) is 18.3 Å². The van der Waals surface area contributed by atoms with Crippen LogP contribution in [0.4, 0.5) is 5.69 Å². The molecule has 4 aromatic rings. The molecule has 0 bridgehead atoms. The Kier molecular flexibility index (Phi) is 7.18. The number of fused-ring (bicyclic) bond motifs is 1. The highest BCUT2D eigenvalue weighted by Crippen LogP contribution is 2.58. The minimum Gasteiger partial charge on any atom is -0.451 e. The smallest absolute Gasteiger partial charge is 0.284 e. The van der Waals surface area contributed by atoms with Gasteiger partial charge in [0.15, 0.2) is 0 Å². The van der Waals surface area contributed by atoms with Crippen molar-refractivity contribution >= 4 is 28.3 Å². The summed E-state index contributed by atoms with van der Waals surface area (Å²) in [5.74, 6) is 2.35. The van der Waals surface area contributed by atoms with E-state index in [-0.39, 0.29) is 4.90 Å². The second-order valence-electron chi connectivity index (χ2n) is 10.3. The standard InChI is InChI=1S/C32H30N3O3PS/c1-24-14-20-28(21-15-24)40(36,37)34-39(27-10-6-5-7-11-27,38-26-18-16-25(22-33)17-19-26)23-31-32(2,3)29-12-8-9-13-30(29)35(31)4/h5-21,23H,1-4H3/b31-23-/t39-/m1/s1.